The fraction of sp³-hybridized carbons (Fsp3) is 0.343. The van der Waals surface area contributed by atoms with E-state index in [4.69, 9.17) is 16.1 Å². The van der Waals surface area contributed by atoms with Crippen molar-refractivity contribution in [2.45, 2.75) is 65.6 Å². The zero-order valence-corrected chi connectivity index (χ0v) is 25.5. The molecule has 1 aromatic carbocycles. The molecule has 0 aliphatic carbocycles. The van der Waals surface area contributed by atoms with E-state index in [1.807, 2.05) is 65.8 Å². The van der Waals surface area contributed by atoms with Crippen LogP contribution in [0.15, 0.2) is 85.3 Å². The molecule has 0 unspecified atom stereocenters. The summed E-state index contributed by atoms with van der Waals surface area (Å²) in [7, 11) is 0. The lowest BCUT2D eigenvalue weighted by Crippen LogP contribution is -2.59. The van der Waals surface area contributed by atoms with Crippen molar-refractivity contribution < 1.29 is 13.9 Å². The number of terminal acetylenes is 1. The third-order valence-electron chi connectivity index (χ3n) is 6.95. The number of carbonyl (C=O) groups excluding carboxylic acids is 1. The monoisotopic (exact) mass is 568 g/mol. The van der Waals surface area contributed by atoms with Crippen LogP contribution in [0.1, 0.15) is 58.4 Å². The van der Waals surface area contributed by atoms with Crippen LogP contribution in [-0.2, 0) is 11.2 Å². The Bertz CT molecular complexity index is 1460. The molecule has 2 atom stereocenters. The molecule has 2 heterocycles. The van der Waals surface area contributed by atoms with Crippen LogP contribution in [0.4, 0.5) is 15.0 Å². The van der Waals surface area contributed by atoms with Crippen LogP contribution in [0.25, 0.3) is 5.57 Å². The smallest absolute Gasteiger partial charge is 0.410 e. The molecule has 0 radical (unpaired) electrons. The van der Waals surface area contributed by atoms with Gasteiger partial charge in [0.15, 0.2) is 0 Å². The first-order valence-corrected chi connectivity index (χ1v) is 14.1. The van der Waals surface area contributed by atoms with E-state index in [9.17, 15) is 4.79 Å². The first-order chi connectivity index (χ1) is 19.9. The number of amides is 1. The highest BCUT2D eigenvalue weighted by Crippen LogP contribution is 2.37. The molecule has 7 heteroatoms. The van der Waals surface area contributed by atoms with E-state index < -0.39 is 5.60 Å². The highest BCUT2D eigenvalue weighted by Gasteiger charge is 2.36. The van der Waals surface area contributed by atoms with Gasteiger partial charge in [0.25, 0.3) is 0 Å². The van der Waals surface area contributed by atoms with Gasteiger partial charge in [-0.15, -0.1) is 6.42 Å². The number of rotatable bonds is 8. The minimum Gasteiger partial charge on any atom is -0.444 e. The van der Waals surface area contributed by atoms with E-state index in [0.717, 1.165) is 16.7 Å². The Morgan fingerprint density at radius 2 is 1.88 bits per heavy atom. The molecule has 1 aliphatic rings. The summed E-state index contributed by atoms with van der Waals surface area (Å²) in [5, 5.41) is 0. The maximum atomic E-state index is 15.2. The van der Waals surface area contributed by atoms with Crippen LogP contribution in [0.3, 0.4) is 0 Å². The van der Waals surface area contributed by atoms with Crippen LogP contribution < -0.4 is 4.90 Å². The summed E-state index contributed by atoms with van der Waals surface area (Å²) in [6.45, 7) is 20.8. The first-order valence-electron chi connectivity index (χ1n) is 14.1. The van der Waals surface area contributed by atoms with Crippen molar-refractivity contribution in [3.05, 3.63) is 108 Å². The average Bonchev–Trinajstić information content (AvgIpc) is 2.93. The van der Waals surface area contributed by atoms with E-state index in [1.54, 1.807) is 29.2 Å². The third kappa shape index (κ3) is 7.85. The van der Waals surface area contributed by atoms with Crippen molar-refractivity contribution in [1.82, 2.24) is 14.9 Å². The Balaban J connectivity index is 2.07. The van der Waals surface area contributed by atoms with Gasteiger partial charge >= 0.3 is 6.09 Å². The molecule has 0 saturated carbocycles. The molecular formula is C35H41FN4O2. The standard InChI is InChI=1S/C35H41FN4O2/c1-10-12-13-14-17-24(3)25(4)20-31-32(28(11-2)29-18-15-16-19-30(29)36)33(38-23-37-31)39-21-27(6)40(22-26(39)5)34(41)42-35(7,8)9/h1,11-19,23,26-27H,3-4,20-22H2,2,5-9H3/b13-12-,17-14-,28-11-/t26-,27+/m0/s1. The lowest BCUT2D eigenvalue weighted by atomic mass is 9.91. The molecule has 1 aliphatic heterocycles. The van der Waals surface area contributed by atoms with E-state index in [-0.39, 0.29) is 24.0 Å². The Kier molecular flexibility index (Phi) is 10.7. The normalized spacial score (nSPS) is 17.9. The van der Waals surface area contributed by atoms with Gasteiger partial charge in [0.05, 0.1) is 5.69 Å². The van der Waals surface area contributed by atoms with E-state index >= 15 is 4.39 Å². The summed E-state index contributed by atoms with van der Waals surface area (Å²) in [5.74, 6) is 2.78. The predicted molar refractivity (Wildman–Crippen MR) is 169 cm³/mol. The van der Waals surface area contributed by atoms with Crippen LogP contribution in [0.2, 0.25) is 0 Å². The van der Waals surface area contributed by atoms with E-state index in [0.29, 0.717) is 42.2 Å². The zero-order valence-electron chi connectivity index (χ0n) is 25.5. The molecule has 42 heavy (non-hydrogen) atoms. The summed E-state index contributed by atoms with van der Waals surface area (Å²) in [4.78, 5) is 26.3. The summed E-state index contributed by atoms with van der Waals surface area (Å²) < 4.78 is 20.9. The SMILES string of the molecule is C#C/C=C\C=C/C(=C)C(=C)Cc1ncnc(N2C[C@@H](C)N(C(=O)OC(C)(C)C)C[C@@H]2C)c1/C(=C\C)c1ccccc1F. The third-order valence-corrected chi connectivity index (χ3v) is 6.95. The first kappa shape index (κ1) is 32.1. The molecule has 0 N–H and O–H groups in total. The quantitative estimate of drug-likeness (QED) is 0.247. The molecule has 1 aromatic heterocycles. The number of allylic oxidation sites excluding steroid dienone is 7. The number of benzene rings is 1. The maximum absolute atomic E-state index is 15.2. The molecule has 0 spiro atoms. The Morgan fingerprint density at radius 3 is 2.52 bits per heavy atom. The summed E-state index contributed by atoms with van der Waals surface area (Å²) >= 11 is 0. The molecule has 2 aromatic rings. The Labute approximate surface area is 250 Å². The predicted octanol–water partition coefficient (Wildman–Crippen LogP) is 7.30. The topological polar surface area (TPSA) is 58.6 Å². The summed E-state index contributed by atoms with van der Waals surface area (Å²) in [6, 6.07) is 6.43. The molecule has 1 saturated heterocycles. The molecule has 0 bridgehead atoms. The maximum Gasteiger partial charge on any atom is 0.410 e. The molecule has 1 amide bonds. The number of aromatic nitrogens is 2. The van der Waals surface area contributed by atoms with Gasteiger partial charge in [0.2, 0.25) is 0 Å². The fourth-order valence-electron chi connectivity index (χ4n) is 4.87. The Morgan fingerprint density at radius 1 is 1.17 bits per heavy atom. The number of hydrogen-bond donors (Lipinski definition) is 0. The van der Waals surface area contributed by atoms with Gasteiger partial charge in [-0.05, 0) is 70.4 Å². The highest BCUT2D eigenvalue weighted by molar-refractivity contribution is 5.87. The van der Waals surface area contributed by atoms with Gasteiger partial charge in [-0.2, -0.15) is 0 Å². The van der Waals surface area contributed by atoms with Gasteiger partial charge in [-0.1, -0.05) is 61.6 Å². The molecule has 3 rings (SSSR count). The molecule has 6 nitrogen and oxygen atoms in total. The minimum absolute atomic E-state index is 0.0991. The number of carbonyl (C=O) groups is 1. The number of hydrogen-bond acceptors (Lipinski definition) is 5. The lowest BCUT2D eigenvalue weighted by molar-refractivity contribution is 0.0129. The van der Waals surface area contributed by atoms with E-state index in [2.05, 4.69) is 29.0 Å². The van der Waals surface area contributed by atoms with Crippen molar-refractivity contribution >= 4 is 17.5 Å². The lowest BCUT2D eigenvalue weighted by Gasteiger charge is -2.45. The highest BCUT2D eigenvalue weighted by atomic mass is 19.1. The molecule has 1 fully saturated rings. The second-order valence-electron chi connectivity index (χ2n) is 11.4. The number of halogens is 1. The number of nitrogens with zero attached hydrogens (tertiary/aromatic N) is 4. The number of piperazine rings is 1. The largest absolute Gasteiger partial charge is 0.444 e. The van der Waals surface area contributed by atoms with Crippen LogP contribution in [0.5, 0.6) is 0 Å². The van der Waals surface area contributed by atoms with Crippen LogP contribution >= 0.6 is 0 Å². The number of anilines is 1. The van der Waals surface area contributed by atoms with Crippen molar-refractivity contribution in [3.8, 4) is 12.3 Å². The number of ether oxygens (including phenoxy) is 1. The second kappa shape index (κ2) is 14.0. The van der Waals surface area contributed by atoms with Crippen molar-refractivity contribution in [1.29, 1.82) is 0 Å². The second-order valence-corrected chi connectivity index (χ2v) is 11.4. The van der Waals surface area contributed by atoms with Crippen LogP contribution in [-0.4, -0.2) is 51.7 Å². The zero-order chi connectivity index (χ0) is 31.0. The molecular weight excluding hydrogens is 527 g/mol. The van der Waals surface area contributed by atoms with Gasteiger partial charge in [0.1, 0.15) is 23.6 Å². The van der Waals surface area contributed by atoms with Crippen molar-refractivity contribution in [2.24, 2.45) is 0 Å². The van der Waals surface area contributed by atoms with Gasteiger partial charge < -0.3 is 14.5 Å². The fourth-order valence-corrected chi connectivity index (χ4v) is 4.87. The summed E-state index contributed by atoms with van der Waals surface area (Å²) in [5.41, 5.74) is 3.44. The van der Waals surface area contributed by atoms with Gasteiger partial charge in [-0.25, -0.2) is 19.2 Å². The van der Waals surface area contributed by atoms with Crippen molar-refractivity contribution in [3.63, 3.8) is 0 Å². The summed E-state index contributed by atoms with van der Waals surface area (Å²) in [6.07, 6.45) is 15.7. The minimum atomic E-state index is -0.592. The van der Waals surface area contributed by atoms with Gasteiger partial charge in [-0.3, -0.25) is 0 Å². The van der Waals surface area contributed by atoms with E-state index in [1.165, 1.54) is 12.4 Å². The van der Waals surface area contributed by atoms with Crippen LogP contribution in [0, 0.1) is 18.2 Å². The van der Waals surface area contributed by atoms with Crippen molar-refractivity contribution in [2.75, 3.05) is 18.0 Å². The van der Waals surface area contributed by atoms with Gasteiger partial charge in [0, 0.05) is 42.7 Å². The average molecular weight is 569 g/mol. The molecule has 220 valence electrons. The Hall–Kier alpha value is -4.44.